The number of halogens is 3. The van der Waals surface area contributed by atoms with E-state index in [9.17, 15) is 22.8 Å². The molecule has 3 rings (SSSR count). The van der Waals surface area contributed by atoms with Gasteiger partial charge in [0.2, 0.25) is 0 Å². The number of anilines is 1. The Hall–Kier alpha value is -3.61. The summed E-state index contributed by atoms with van der Waals surface area (Å²) in [6, 6.07) is 19.3. The Morgan fingerprint density at radius 1 is 0.862 bits per heavy atom. The van der Waals surface area contributed by atoms with Crippen molar-refractivity contribution < 1.29 is 27.5 Å². The lowest BCUT2D eigenvalue weighted by Crippen LogP contribution is -2.13. The van der Waals surface area contributed by atoms with Gasteiger partial charge in [-0.15, -0.1) is 0 Å². The highest BCUT2D eigenvalue weighted by Crippen LogP contribution is 2.29. The Bertz CT molecular complexity index is 1000. The summed E-state index contributed by atoms with van der Waals surface area (Å²) in [5.41, 5.74) is 0.401. The van der Waals surface area contributed by atoms with E-state index in [1.165, 1.54) is 24.3 Å². The Morgan fingerprint density at radius 3 is 2.21 bits per heavy atom. The second kappa shape index (κ2) is 8.60. The maximum atomic E-state index is 12.7. The fourth-order valence-corrected chi connectivity index (χ4v) is 2.59. The largest absolute Gasteiger partial charge is 0.426 e. The van der Waals surface area contributed by atoms with Gasteiger partial charge in [0.1, 0.15) is 5.75 Å². The number of hydrogen-bond donors (Lipinski definition) is 1. The van der Waals surface area contributed by atoms with Gasteiger partial charge >= 0.3 is 12.1 Å². The number of carbonyl (C=O) groups excluding carboxylic acids is 2. The first kappa shape index (κ1) is 20.1. The number of rotatable bonds is 5. The lowest BCUT2D eigenvalue weighted by atomic mass is 10.1. The summed E-state index contributed by atoms with van der Waals surface area (Å²) < 4.78 is 43.4. The Morgan fingerprint density at radius 2 is 1.55 bits per heavy atom. The smallest absolute Gasteiger partial charge is 0.416 e. The highest BCUT2D eigenvalue weighted by Gasteiger charge is 2.30. The molecule has 0 aliphatic rings. The minimum atomic E-state index is -4.47. The van der Waals surface area contributed by atoms with E-state index in [0.29, 0.717) is 11.3 Å². The maximum Gasteiger partial charge on any atom is 0.416 e. The predicted molar refractivity (Wildman–Crippen MR) is 102 cm³/mol. The maximum absolute atomic E-state index is 12.7. The standard InChI is InChI=1S/C22H16F3NO3/c23-22(24,25)17-8-4-5-15(13-17)14-20(27)29-19-11-9-18(10-12-19)26-21(28)16-6-2-1-3-7-16/h1-13H,14H2,(H,26,28). The minimum absolute atomic E-state index is 0.205. The summed E-state index contributed by atoms with van der Waals surface area (Å²) in [7, 11) is 0. The first-order valence-electron chi connectivity index (χ1n) is 8.64. The van der Waals surface area contributed by atoms with Gasteiger partial charge in [-0.25, -0.2) is 0 Å². The first-order chi connectivity index (χ1) is 13.8. The SMILES string of the molecule is O=C(Cc1cccc(C(F)(F)F)c1)Oc1ccc(NC(=O)c2ccccc2)cc1. The number of alkyl halides is 3. The van der Waals surface area contributed by atoms with Crippen LogP contribution in [0.25, 0.3) is 0 Å². The molecule has 0 unspecified atom stereocenters. The molecule has 0 aromatic heterocycles. The number of amides is 1. The molecule has 0 aliphatic carbocycles. The van der Waals surface area contributed by atoms with Gasteiger partial charge in [0.05, 0.1) is 12.0 Å². The third-order valence-corrected chi connectivity index (χ3v) is 3.98. The lowest BCUT2D eigenvalue weighted by molar-refractivity contribution is -0.138. The molecule has 0 bridgehead atoms. The second-order valence-electron chi connectivity index (χ2n) is 6.19. The van der Waals surface area contributed by atoms with Crippen molar-refractivity contribution in [2.75, 3.05) is 5.32 Å². The second-order valence-corrected chi connectivity index (χ2v) is 6.19. The van der Waals surface area contributed by atoms with E-state index in [0.717, 1.165) is 12.1 Å². The number of esters is 1. The molecule has 148 valence electrons. The van der Waals surface area contributed by atoms with Crippen LogP contribution in [0.15, 0.2) is 78.9 Å². The van der Waals surface area contributed by atoms with Crippen LogP contribution in [0.1, 0.15) is 21.5 Å². The van der Waals surface area contributed by atoms with Gasteiger partial charge in [0.25, 0.3) is 5.91 Å². The third kappa shape index (κ3) is 5.68. The number of carbonyl (C=O) groups is 2. The Kier molecular flexibility index (Phi) is 5.97. The highest BCUT2D eigenvalue weighted by atomic mass is 19.4. The van der Waals surface area contributed by atoms with E-state index >= 15 is 0 Å². The van der Waals surface area contributed by atoms with Gasteiger partial charge in [0.15, 0.2) is 0 Å². The van der Waals surface area contributed by atoms with Crippen molar-refractivity contribution in [2.45, 2.75) is 12.6 Å². The third-order valence-electron chi connectivity index (χ3n) is 3.98. The first-order valence-corrected chi connectivity index (χ1v) is 8.64. The predicted octanol–water partition coefficient (Wildman–Crippen LogP) is 5.11. The number of nitrogens with one attached hydrogen (secondary N) is 1. The summed E-state index contributed by atoms with van der Waals surface area (Å²) in [5, 5.41) is 2.71. The van der Waals surface area contributed by atoms with Crippen LogP contribution in [-0.4, -0.2) is 11.9 Å². The van der Waals surface area contributed by atoms with E-state index in [2.05, 4.69) is 5.32 Å². The van der Waals surface area contributed by atoms with E-state index in [-0.39, 0.29) is 23.6 Å². The molecule has 1 N–H and O–H groups in total. The molecule has 0 atom stereocenters. The van der Waals surface area contributed by atoms with Crippen LogP contribution >= 0.6 is 0 Å². The van der Waals surface area contributed by atoms with Crippen LogP contribution in [0.3, 0.4) is 0 Å². The molecule has 0 heterocycles. The lowest BCUT2D eigenvalue weighted by Gasteiger charge is -2.09. The van der Waals surface area contributed by atoms with Crippen molar-refractivity contribution in [3.8, 4) is 5.75 Å². The molecule has 0 fully saturated rings. The van der Waals surface area contributed by atoms with Crippen molar-refractivity contribution >= 4 is 17.6 Å². The average molecular weight is 399 g/mol. The molecular formula is C22H16F3NO3. The minimum Gasteiger partial charge on any atom is -0.426 e. The molecule has 0 aliphatic heterocycles. The van der Waals surface area contributed by atoms with Crippen molar-refractivity contribution in [3.63, 3.8) is 0 Å². The zero-order valence-electron chi connectivity index (χ0n) is 15.1. The summed E-state index contributed by atoms with van der Waals surface area (Å²) in [6.45, 7) is 0. The zero-order chi connectivity index (χ0) is 20.9. The molecule has 29 heavy (non-hydrogen) atoms. The number of ether oxygens (including phenoxy) is 1. The Labute approximate surface area is 164 Å². The summed E-state index contributed by atoms with van der Waals surface area (Å²) >= 11 is 0. The quantitative estimate of drug-likeness (QED) is 0.479. The average Bonchev–Trinajstić information content (AvgIpc) is 2.69. The van der Waals surface area contributed by atoms with Gasteiger partial charge in [-0.05, 0) is 48.0 Å². The van der Waals surface area contributed by atoms with E-state index < -0.39 is 17.7 Å². The van der Waals surface area contributed by atoms with Gasteiger partial charge < -0.3 is 10.1 Å². The van der Waals surface area contributed by atoms with Gasteiger partial charge in [-0.3, -0.25) is 9.59 Å². The molecule has 4 nitrogen and oxygen atoms in total. The monoisotopic (exact) mass is 399 g/mol. The van der Waals surface area contributed by atoms with Crippen LogP contribution < -0.4 is 10.1 Å². The molecule has 0 radical (unpaired) electrons. The molecule has 3 aromatic carbocycles. The van der Waals surface area contributed by atoms with E-state index in [1.54, 1.807) is 42.5 Å². The fraction of sp³-hybridized carbons (Fsp3) is 0.0909. The molecule has 0 saturated heterocycles. The summed E-state index contributed by atoms with van der Waals surface area (Å²) in [6.07, 6.45) is -4.77. The van der Waals surface area contributed by atoms with Crippen molar-refractivity contribution in [1.29, 1.82) is 0 Å². The fourth-order valence-electron chi connectivity index (χ4n) is 2.59. The molecular weight excluding hydrogens is 383 g/mol. The number of hydrogen-bond acceptors (Lipinski definition) is 3. The van der Waals surface area contributed by atoms with Crippen LogP contribution in [0.5, 0.6) is 5.75 Å². The van der Waals surface area contributed by atoms with Crippen molar-refractivity contribution in [3.05, 3.63) is 95.6 Å². The van der Waals surface area contributed by atoms with Gasteiger partial charge in [-0.1, -0.05) is 36.4 Å². The summed E-state index contributed by atoms with van der Waals surface area (Å²) in [4.78, 5) is 24.1. The van der Waals surface area contributed by atoms with Crippen LogP contribution in [-0.2, 0) is 17.4 Å². The topological polar surface area (TPSA) is 55.4 Å². The van der Waals surface area contributed by atoms with Crippen LogP contribution in [0.4, 0.5) is 18.9 Å². The van der Waals surface area contributed by atoms with Crippen LogP contribution in [0, 0.1) is 0 Å². The van der Waals surface area contributed by atoms with E-state index in [1.807, 2.05) is 0 Å². The van der Waals surface area contributed by atoms with Crippen molar-refractivity contribution in [1.82, 2.24) is 0 Å². The highest BCUT2D eigenvalue weighted by molar-refractivity contribution is 6.04. The molecule has 1 amide bonds. The van der Waals surface area contributed by atoms with E-state index in [4.69, 9.17) is 4.74 Å². The Balaban J connectivity index is 1.58. The molecule has 0 spiro atoms. The zero-order valence-corrected chi connectivity index (χ0v) is 15.1. The molecule has 0 saturated carbocycles. The molecule has 3 aromatic rings. The van der Waals surface area contributed by atoms with Crippen molar-refractivity contribution in [2.24, 2.45) is 0 Å². The molecule has 7 heteroatoms. The summed E-state index contributed by atoms with van der Waals surface area (Å²) in [5.74, 6) is -0.745. The van der Waals surface area contributed by atoms with Crippen LogP contribution in [0.2, 0.25) is 0 Å². The van der Waals surface area contributed by atoms with Gasteiger partial charge in [-0.2, -0.15) is 13.2 Å². The van der Waals surface area contributed by atoms with Gasteiger partial charge in [0, 0.05) is 11.3 Å². The number of benzene rings is 3. The normalized spacial score (nSPS) is 11.0.